The number of halogens is 3. The molecule has 1 amide bonds. The number of benzene rings is 2. The van der Waals surface area contributed by atoms with Crippen molar-refractivity contribution in [2.75, 3.05) is 6.54 Å². The Morgan fingerprint density at radius 2 is 1.72 bits per heavy atom. The van der Waals surface area contributed by atoms with Crippen LogP contribution >= 0.6 is 0 Å². The Bertz CT molecular complexity index is 1150. The zero-order valence-electron chi connectivity index (χ0n) is 19.7. The molecule has 9 heteroatoms. The molecule has 0 spiro atoms. The molecular formula is C27H27F3N2O4. The zero-order valence-corrected chi connectivity index (χ0v) is 19.7. The predicted octanol–water partition coefficient (Wildman–Crippen LogP) is 6.28. The lowest BCUT2D eigenvalue weighted by molar-refractivity contribution is -0.138. The molecule has 190 valence electrons. The van der Waals surface area contributed by atoms with Crippen LogP contribution in [-0.2, 0) is 11.0 Å². The molecular weight excluding hydrogens is 473 g/mol. The number of hydrogen-bond acceptors (Lipinski definition) is 4. The van der Waals surface area contributed by atoms with Crippen molar-refractivity contribution >= 4 is 11.9 Å². The molecule has 6 nitrogen and oxygen atoms in total. The fourth-order valence-electron chi connectivity index (χ4n) is 3.53. The largest absolute Gasteiger partial charge is 0.484 e. The van der Waals surface area contributed by atoms with Gasteiger partial charge in [-0.1, -0.05) is 37.6 Å². The maximum atomic E-state index is 12.8. The first-order valence-corrected chi connectivity index (χ1v) is 11.6. The van der Waals surface area contributed by atoms with Gasteiger partial charge in [0.15, 0.2) is 0 Å². The summed E-state index contributed by atoms with van der Waals surface area (Å²) in [6, 6.07) is 15.2. The molecule has 1 aromatic heterocycles. The maximum absolute atomic E-state index is 12.8. The van der Waals surface area contributed by atoms with E-state index >= 15 is 0 Å². The molecule has 0 fully saturated rings. The summed E-state index contributed by atoms with van der Waals surface area (Å²) in [5, 5.41) is 11.3. The number of pyridine rings is 1. The number of alkyl halides is 3. The van der Waals surface area contributed by atoms with Gasteiger partial charge in [0.25, 0.3) is 5.91 Å². The van der Waals surface area contributed by atoms with E-state index in [1.807, 2.05) is 0 Å². The number of amides is 1. The van der Waals surface area contributed by atoms with Crippen molar-refractivity contribution in [3.63, 3.8) is 0 Å². The number of ether oxygens (including phenoxy) is 1. The minimum Gasteiger partial charge on any atom is -0.484 e. The lowest BCUT2D eigenvalue weighted by atomic mass is 10.0. The summed E-state index contributed by atoms with van der Waals surface area (Å²) in [6.45, 7) is 2.12. The van der Waals surface area contributed by atoms with Gasteiger partial charge in [0, 0.05) is 17.7 Å². The second kappa shape index (κ2) is 12.2. The van der Waals surface area contributed by atoms with Crippen LogP contribution in [0.5, 0.6) is 5.75 Å². The third kappa shape index (κ3) is 7.56. The summed E-state index contributed by atoms with van der Waals surface area (Å²) in [5.41, 5.74) is 1.67. The van der Waals surface area contributed by atoms with Gasteiger partial charge in [0.2, 0.25) is 0 Å². The van der Waals surface area contributed by atoms with Gasteiger partial charge in [-0.05, 0) is 54.8 Å². The fraction of sp³-hybridized carbons (Fsp3) is 0.296. The van der Waals surface area contributed by atoms with E-state index in [1.165, 1.54) is 18.3 Å². The van der Waals surface area contributed by atoms with Gasteiger partial charge in [-0.25, -0.2) is 0 Å². The van der Waals surface area contributed by atoms with Crippen LogP contribution in [-0.4, -0.2) is 28.5 Å². The second-order valence-corrected chi connectivity index (χ2v) is 8.22. The molecule has 0 aliphatic heterocycles. The number of carboxylic acid groups (broad SMARTS) is 1. The number of aliphatic carboxylic acids is 1. The number of hydrogen-bond donors (Lipinski definition) is 2. The zero-order chi connectivity index (χ0) is 26.1. The van der Waals surface area contributed by atoms with Crippen LogP contribution in [0.2, 0.25) is 0 Å². The van der Waals surface area contributed by atoms with Crippen molar-refractivity contribution in [1.82, 2.24) is 10.3 Å². The highest BCUT2D eigenvalue weighted by atomic mass is 19.4. The fourth-order valence-corrected chi connectivity index (χ4v) is 3.53. The molecule has 3 rings (SSSR count). The van der Waals surface area contributed by atoms with Crippen LogP contribution in [0, 0.1) is 0 Å². The summed E-state index contributed by atoms with van der Waals surface area (Å²) in [7, 11) is 0. The molecule has 1 atom stereocenters. The molecule has 2 aromatic carbocycles. The van der Waals surface area contributed by atoms with E-state index in [-0.39, 0.29) is 25.0 Å². The van der Waals surface area contributed by atoms with Crippen LogP contribution in [0.3, 0.4) is 0 Å². The number of carboxylic acids is 1. The average Bonchev–Trinajstić information content (AvgIpc) is 2.86. The topological polar surface area (TPSA) is 88.5 Å². The first-order valence-electron chi connectivity index (χ1n) is 11.6. The van der Waals surface area contributed by atoms with Gasteiger partial charge in [-0.15, -0.1) is 0 Å². The van der Waals surface area contributed by atoms with Crippen molar-refractivity contribution in [2.24, 2.45) is 0 Å². The molecule has 1 heterocycles. The van der Waals surface area contributed by atoms with Crippen LogP contribution in [0.4, 0.5) is 13.2 Å². The Morgan fingerprint density at radius 1 is 1.03 bits per heavy atom. The molecule has 0 saturated heterocycles. The highest BCUT2D eigenvalue weighted by Crippen LogP contribution is 2.31. The molecule has 1 unspecified atom stereocenters. The summed E-state index contributed by atoms with van der Waals surface area (Å²) in [6.07, 6.45) is -0.666. The Labute approximate surface area is 207 Å². The van der Waals surface area contributed by atoms with Crippen LogP contribution in [0.25, 0.3) is 11.3 Å². The molecule has 0 bridgehead atoms. The van der Waals surface area contributed by atoms with Crippen molar-refractivity contribution in [2.45, 2.75) is 44.9 Å². The third-order valence-electron chi connectivity index (χ3n) is 5.51. The Hall–Kier alpha value is -3.88. The van der Waals surface area contributed by atoms with Crippen LogP contribution < -0.4 is 10.1 Å². The molecule has 0 radical (unpaired) electrons. The van der Waals surface area contributed by atoms with Gasteiger partial charge in [0.1, 0.15) is 11.9 Å². The SMILES string of the molecule is CCCCC(Oc1ccc(-c2ccc(C(F)(F)F)cc2)nc1)c1ccc(C(=O)NCCC(=O)O)cc1. The van der Waals surface area contributed by atoms with Crippen molar-refractivity contribution in [1.29, 1.82) is 0 Å². The monoisotopic (exact) mass is 500 g/mol. The smallest absolute Gasteiger partial charge is 0.416 e. The van der Waals surface area contributed by atoms with Gasteiger partial charge < -0.3 is 15.2 Å². The molecule has 0 saturated carbocycles. The Morgan fingerprint density at radius 3 is 2.28 bits per heavy atom. The molecule has 36 heavy (non-hydrogen) atoms. The Kier molecular flexibility index (Phi) is 9.05. The number of unbranched alkanes of at least 4 members (excludes halogenated alkanes) is 1. The molecule has 0 aliphatic rings. The number of carbonyl (C=O) groups is 2. The number of nitrogens with zero attached hydrogens (tertiary/aromatic N) is 1. The van der Waals surface area contributed by atoms with E-state index in [1.54, 1.807) is 36.4 Å². The highest BCUT2D eigenvalue weighted by molar-refractivity contribution is 5.94. The number of carbonyl (C=O) groups excluding carboxylic acids is 1. The van der Waals surface area contributed by atoms with E-state index in [4.69, 9.17) is 9.84 Å². The predicted molar refractivity (Wildman–Crippen MR) is 129 cm³/mol. The maximum Gasteiger partial charge on any atom is 0.416 e. The van der Waals surface area contributed by atoms with E-state index < -0.39 is 17.7 Å². The van der Waals surface area contributed by atoms with E-state index in [9.17, 15) is 22.8 Å². The lowest BCUT2D eigenvalue weighted by Gasteiger charge is -2.20. The van der Waals surface area contributed by atoms with Gasteiger partial charge in [-0.3, -0.25) is 14.6 Å². The van der Waals surface area contributed by atoms with Crippen molar-refractivity contribution < 1.29 is 32.6 Å². The standard InChI is InChI=1S/C27H27F3N2O4/c1-2-3-4-24(19-5-7-20(8-6-19)26(35)31-16-15-25(33)34)36-22-13-14-23(32-17-22)18-9-11-21(12-10-18)27(28,29)30/h5-14,17,24H,2-4,15-16H2,1H3,(H,31,35)(H,33,34). The number of aromatic nitrogens is 1. The summed E-state index contributed by atoms with van der Waals surface area (Å²) in [4.78, 5) is 27.1. The first kappa shape index (κ1) is 26.7. The van der Waals surface area contributed by atoms with Gasteiger partial charge in [0.05, 0.1) is 23.9 Å². The Balaban J connectivity index is 1.69. The third-order valence-corrected chi connectivity index (χ3v) is 5.51. The van der Waals surface area contributed by atoms with E-state index in [2.05, 4.69) is 17.2 Å². The molecule has 0 aliphatic carbocycles. The van der Waals surface area contributed by atoms with E-state index in [0.29, 0.717) is 22.6 Å². The van der Waals surface area contributed by atoms with Crippen molar-refractivity contribution in [3.8, 4) is 17.0 Å². The summed E-state index contributed by atoms with van der Waals surface area (Å²) >= 11 is 0. The van der Waals surface area contributed by atoms with Gasteiger partial charge in [-0.2, -0.15) is 13.2 Å². The quantitative estimate of drug-likeness (QED) is 0.323. The summed E-state index contributed by atoms with van der Waals surface area (Å²) in [5.74, 6) is -0.817. The average molecular weight is 501 g/mol. The number of rotatable bonds is 11. The lowest BCUT2D eigenvalue weighted by Crippen LogP contribution is -2.26. The van der Waals surface area contributed by atoms with E-state index in [0.717, 1.165) is 37.0 Å². The summed E-state index contributed by atoms with van der Waals surface area (Å²) < 4.78 is 44.5. The minimum atomic E-state index is -4.39. The molecule has 3 aromatic rings. The van der Waals surface area contributed by atoms with Crippen LogP contribution in [0.1, 0.15) is 60.2 Å². The normalized spacial score (nSPS) is 12.1. The number of nitrogens with one attached hydrogen (secondary N) is 1. The first-order chi connectivity index (χ1) is 17.2. The second-order valence-electron chi connectivity index (χ2n) is 8.22. The van der Waals surface area contributed by atoms with Crippen molar-refractivity contribution in [3.05, 3.63) is 83.6 Å². The minimum absolute atomic E-state index is 0.0492. The highest BCUT2D eigenvalue weighted by Gasteiger charge is 2.30. The van der Waals surface area contributed by atoms with Gasteiger partial charge >= 0.3 is 12.1 Å². The molecule has 2 N–H and O–H groups in total. The van der Waals surface area contributed by atoms with Crippen LogP contribution in [0.15, 0.2) is 66.9 Å².